The summed E-state index contributed by atoms with van der Waals surface area (Å²) in [6.45, 7) is 2.27. The van der Waals surface area contributed by atoms with Crippen LogP contribution >= 0.6 is 0 Å². The highest BCUT2D eigenvalue weighted by Gasteiger charge is 2.03. The monoisotopic (exact) mass is 356 g/mol. The number of ether oxygens (including phenoxy) is 3. The molecule has 1 N–H and O–H groups in total. The van der Waals surface area contributed by atoms with Gasteiger partial charge in [0.2, 0.25) is 0 Å². The highest BCUT2D eigenvalue weighted by molar-refractivity contribution is 5.79. The molecule has 0 amide bonds. The van der Waals surface area contributed by atoms with Gasteiger partial charge >= 0.3 is 0 Å². The Labute approximate surface area is 154 Å². The molecular formula is C21H24O5. The highest BCUT2D eigenvalue weighted by Crippen LogP contribution is 2.18. The van der Waals surface area contributed by atoms with E-state index in [9.17, 15) is 4.79 Å². The molecule has 138 valence electrons. The van der Waals surface area contributed by atoms with Gasteiger partial charge in [0.15, 0.2) is 13.1 Å². The number of methoxy groups -OCH3 is 1. The van der Waals surface area contributed by atoms with E-state index in [1.807, 2.05) is 24.3 Å². The van der Waals surface area contributed by atoms with E-state index < -0.39 is 6.79 Å². The summed E-state index contributed by atoms with van der Waals surface area (Å²) in [5, 5.41) is 8.84. The van der Waals surface area contributed by atoms with Gasteiger partial charge in [-0.1, -0.05) is 18.8 Å². The van der Waals surface area contributed by atoms with Gasteiger partial charge in [0.05, 0.1) is 12.2 Å². The Kier molecular flexibility index (Phi) is 10.2. The van der Waals surface area contributed by atoms with Crippen molar-refractivity contribution < 1.29 is 24.1 Å². The molecule has 2 aromatic carbocycles. The van der Waals surface area contributed by atoms with Crippen LogP contribution in [-0.4, -0.2) is 39.0 Å². The Balaban J connectivity index is 0.00000105. The molecule has 0 radical (unpaired) electrons. The number of aliphatic hydroxyl groups is 1. The number of rotatable bonds is 6. The fraction of sp³-hybridized carbons (Fsp3) is 0.286. The lowest BCUT2D eigenvalue weighted by Gasteiger charge is -2.05. The van der Waals surface area contributed by atoms with E-state index in [0.29, 0.717) is 29.8 Å². The van der Waals surface area contributed by atoms with Gasteiger partial charge in [-0.15, -0.1) is 0 Å². The maximum absolute atomic E-state index is 10.9. The fourth-order valence-electron chi connectivity index (χ4n) is 1.90. The highest BCUT2D eigenvalue weighted by atomic mass is 16.6. The first kappa shape index (κ1) is 21.2. The van der Waals surface area contributed by atoms with Crippen LogP contribution in [0.2, 0.25) is 0 Å². The normalized spacial score (nSPS) is 9.23. The molecule has 0 fully saturated rings. The smallest absolute Gasteiger partial charge is 0.186 e. The van der Waals surface area contributed by atoms with Gasteiger partial charge in [0.1, 0.15) is 11.5 Å². The van der Waals surface area contributed by atoms with Crippen molar-refractivity contribution in [3.63, 3.8) is 0 Å². The molecule has 0 saturated carbocycles. The van der Waals surface area contributed by atoms with E-state index in [1.54, 1.807) is 32.4 Å². The number of hydrogen-bond acceptors (Lipinski definition) is 5. The largest absolute Gasteiger partial charge is 0.494 e. The maximum Gasteiger partial charge on any atom is 0.186 e. The van der Waals surface area contributed by atoms with E-state index >= 15 is 0 Å². The number of aldehydes is 1. The first-order valence-corrected chi connectivity index (χ1v) is 8.16. The van der Waals surface area contributed by atoms with E-state index in [-0.39, 0.29) is 0 Å². The minimum Gasteiger partial charge on any atom is -0.494 e. The number of hydrogen-bond donors (Lipinski definition) is 1. The third kappa shape index (κ3) is 7.39. The van der Waals surface area contributed by atoms with Crippen molar-refractivity contribution in [2.45, 2.75) is 13.3 Å². The summed E-state index contributed by atoms with van der Waals surface area (Å²) < 4.78 is 14.8. The second-order valence-electron chi connectivity index (χ2n) is 5.17. The van der Waals surface area contributed by atoms with Crippen LogP contribution in [-0.2, 0) is 4.74 Å². The molecule has 0 aliphatic heterocycles. The standard InChI is InChI=1S/C19H18O4.C2H6O/c1-2-11-22-18-9-6-15(7-10-18)3-4-16-5-8-17(13-20)19(12-16)23-14-21;1-3-2/h5-10,12-13,21H,2,11,14H2,1H3;1-2H3. The molecule has 0 bridgehead atoms. The van der Waals surface area contributed by atoms with Crippen molar-refractivity contribution in [3.05, 3.63) is 59.2 Å². The molecule has 0 spiro atoms. The summed E-state index contributed by atoms with van der Waals surface area (Å²) in [4.78, 5) is 10.9. The zero-order chi connectivity index (χ0) is 19.2. The molecule has 2 aromatic rings. The topological polar surface area (TPSA) is 65.0 Å². The van der Waals surface area contributed by atoms with Crippen molar-refractivity contribution >= 4 is 6.29 Å². The van der Waals surface area contributed by atoms with Crippen LogP contribution in [0.1, 0.15) is 34.8 Å². The minimum absolute atomic E-state index is 0.317. The molecule has 0 saturated heterocycles. The average Bonchev–Trinajstić information content (AvgIpc) is 2.66. The number of aliphatic hydroxyl groups excluding tert-OH is 1. The summed E-state index contributed by atoms with van der Waals surface area (Å²) in [7, 11) is 3.25. The molecule has 0 aromatic heterocycles. The zero-order valence-corrected chi connectivity index (χ0v) is 15.3. The Morgan fingerprint density at radius 1 is 1.00 bits per heavy atom. The summed E-state index contributed by atoms with van der Waals surface area (Å²) >= 11 is 0. The minimum atomic E-state index is -0.489. The third-order valence-corrected chi connectivity index (χ3v) is 3.04. The molecule has 0 unspecified atom stereocenters. The summed E-state index contributed by atoms with van der Waals surface area (Å²) in [6, 6.07) is 12.5. The molecule has 0 aliphatic carbocycles. The van der Waals surface area contributed by atoms with E-state index in [1.165, 1.54) is 0 Å². The van der Waals surface area contributed by atoms with Crippen molar-refractivity contribution in [2.24, 2.45) is 0 Å². The molecule has 0 atom stereocenters. The Morgan fingerprint density at radius 2 is 1.62 bits per heavy atom. The van der Waals surface area contributed by atoms with Gasteiger partial charge < -0.3 is 19.3 Å². The summed E-state index contributed by atoms with van der Waals surface area (Å²) in [6.07, 6.45) is 1.65. The third-order valence-electron chi connectivity index (χ3n) is 3.04. The van der Waals surface area contributed by atoms with Gasteiger partial charge in [-0.25, -0.2) is 0 Å². The predicted molar refractivity (Wildman–Crippen MR) is 101 cm³/mol. The van der Waals surface area contributed by atoms with E-state index in [4.69, 9.17) is 14.6 Å². The maximum atomic E-state index is 10.9. The SMILES string of the molecule is CCCOc1ccc(C#Cc2ccc(C=O)c(OCO)c2)cc1.COC. The summed E-state index contributed by atoms with van der Waals surface area (Å²) in [5.41, 5.74) is 1.94. The Morgan fingerprint density at radius 3 is 2.19 bits per heavy atom. The second-order valence-corrected chi connectivity index (χ2v) is 5.17. The molecule has 5 heteroatoms. The molecule has 2 rings (SSSR count). The molecule has 0 aliphatic rings. The van der Waals surface area contributed by atoms with Crippen molar-refractivity contribution in [1.29, 1.82) is 0 Å². The van der Waals surface area contributed by atoms with Gasteiger partial charge in [-0.3, -0.25) is 4.79 Å². The van der Waals surface area contributed by atoms with Crippen LogP contribution in [0.15, 0.2) is 42.5 Å². The average molecular weight is 356 g/mol. The predicted octanol–water partition coefficient (Wildman–Crippen LogP) is 3.28. The fourth-order valence-corrected chi connectivity index (χ4v) is 1.90. The Hall–Kier alpha value is -2.81. The van der Waals surface area contributed by atoms with Crippen LogP contribution < -0.4 is 9.47 Å². The van der Waals surface area contributed by atoms with Gasteiger partial charge in [-0.05, 0) is 48.9 Å². The number of carbonyl (C=O) groups excluding carboxylic acids is 1. The van der Waals surface area contributed by atoms with Gasteiger partial charge in [0, 0.05) is 25.3 Å². The molecule has 0 heterocycles. The first-order valence-electron chi connectivity index (χ1n) is 8.16. The van der Waals surface area contributed by atoms with Crippen molar-refractivity contribution in [1.82, 2.24) is 0 Å². The lowest BCUT2D eigenvalue weighted by molar-refractivity contribution is 0.0959. The van der Waals surface area contributed by atoms with Gasteiger partial charge in [0.25, 0.3) is 0 Å². The van der Waals surface area contributed by atoms with E-state index in [2.05, 4.69) is 23.5 Å². The number of carbonyl (C=O) groups is 1. The van der Waals surface area contributed by atoms with E-state index in [0.717, 1.165) is 17.7 Å². The molecular weight excluding hydrogens is 332 g/mol. The summed E-state index contributed by atoms with van der Waals surface area (Å²) in [5.74, 6) is 7.19. The first-order chi connectivity index (χ1) is 12.7. The number of benzene rings is 2. The molecule has 5 nitrogen and oxygen atoms in total. The lowest BCUT2D eigenvalue weighted by atomic mass is 10.1. The second kappa shape index (κ2) is 12.5. The van der Waals surface area contributed by atoms with Gasteiger partial charge in [-0.2, -0.15) is 0 Å². The van der Waals surface area contributed by atoms with Crippen molar-refractivity contribution in [3.8, 4) is 23.3 Å². The zero-order valence-electron chi connectivity index (χ0n) is 15.3. The van der Waals surface area contributed by atoms with Crippen LogP contribution in [0.25, 0.3) is 0 Å². The quantitative estimate of drug-likeness (QED) is 0.489. The van der Waals surface area contributed by atoms with Crippen LogP contribution in [0.4, 0.5) is 0 Å². The van der Waals surface area contributed by atoms with Crippen LogP contribution in [0.3, 0.4) is 0 Å². The molecule has 26 heavy (non-hydrogen) atoms. The van der Waals surface area contributed by atoms with Crippen molar-refractivity contribution in [2.75, 3.05) is 27.6 Å². The Bertz CT molecular complexity index is 726. The lowest BCUT2D eigenvalue weighted by Crippen LogP contribution is -1.98. The van der Waals surface area contributed by atoms with Crippen LogP contribution in [0.5, 0.6) is 11.5 Å². The van der Waals surface area contributed by atoms with Crippen LogP contribution in [0, 0.1) is 11.8 Å².